The van der Waals surface area contributed by atoms with E-state index in [4.69, 9.17) is 4.74 Å². The fourth-order valence-corrected chi connectivity index (χ4v) is 2.46. The lowest BCUT2D eigenvalue weighted by atomic mass is 9.89. The molecule has 2 aliphatic rings. The Kier molecular flexibility index (Phi) is 3.50. The van der Waals surface area contributed by atoms with Crippen molar-refractivity contribution in [2.75, 3.05) is 33.4 Å². The van der Waals surface area contributed by atoms with E-state index in [0.717, 1.165) is 39.0 Å². The van der Waals surface area contributed by atoms with Crippen LogP contribution in [0.3, 0.4) is 0 Å². The van der Waals surface area contributed by atoms with Crippen molar-refractivity contribution < 1.29 is 9.53 Å². The minimum absolute atomic E-state index is 0.124. The van der Waals surface area contributed by atoms with Crippen LogP contribution in [-0.4, -0.2) is 49.7 Å². The molecule has 0 aromatic carbocycles. The van der Waals surface area contributed by atoms with Crippen LogP contribution in [0.15, 0.2) is 0 Å². The molecule has 2 heterocycles. The van der Waals surface area contributed by atoms with Gasteiger partial charge < -0.3 is 15.0 Å². The first kappa shape index (κ1) is 11.9. The lowest BCUT2D eigenvalue weighted by Gasteiger charge is -2.40. The number of amides is 1. The molecule has 2 aliphatic heterocycles. The van der Waals surface area contributed by atoms with Crippen LogP contribution in [0.1, 0.15) is 26.2 Å². The molecule has 2 rings (SSSR count). The first-order chi connectivity index (χ1) is 7.64. The van der Waals surface area contributed by atoms with Gasteiger partial charge in [0.1, 0.15) is 0 Å². The van der Waals surface area contributed by atoms with Gasteiger partial charge in [-0.3, -0.25) is 4.79 Å². The first-order valence-corrected chi connectivity index (χ1v) is 6.20. The topological polar surface area (TPSA) is 41.6 Å². The summed E-state index contributed by atoms with van der Waals surface area (Å²) in [6.45, 7) is 5.37. The van der Waals surface area contributed by atoms with E-state index in [1.807, 2.05) is 11.9 Å². The van der Waals surface area contributed by atoms with Gasteiger partial charge in [0.15, 0.2) is 0 Å². The van der Waals surface area contributed by atoms with Crippen LogP contribution in [0.5, 0.6) is 0 Å². The second-order valence-electron chi connectivity index (χ2n) is 5.20. The molecule has 0 radical (unpaired) electrons. The van der Waals surface area contributed by atoms with E-state index in [1.54, 1.807) is 0 Å². The Morgan fingerprint density at radius 1 is 1.44 bits per heavy atom. The van der Waals surface area contributed by atoms with E-state index in [1.165, 1.54) is 0 Å². The molecule has 4 nitrogen and oxygen atoms in total. The Labute approximate surface area is 97.3 Å². The third-order valence-corrected chi connectivity index (χ3v) is 4.06. The van der Waals surface area contributed by atoms with Gasteiger partial charge in [-0.05, 0) is 33.2 Å². The normalized spacial score (nSPS) is 29.4. The second kappa shape index (κ2) is 4.72. The van der Waals surface area contributed by atoms with E-state index in [9.17, 15) is 4.79 Å². The van der Waals surface area contributed by atoms with Crippen molar-refractivity contribution in [1.29, 1.82) is 0 Å². The summed E-state index contributed by atoms with van der Waals surface area (Å²) < 4.78 is 5.27. The maximum absolute atomic E-state index is 12.1. The Morgan fingerprint density at radius 2 is 2.12 bits per heavy atom. The highest BCUT2D eigenvalue weighted by molar-refractivity contribution is 5.79. The minimum Gasteiger partial charge on any atom is -0.381 e. The van der Waals surface area contributed by atoms with Gasteiger partial charge in [0.2, 0.25) is 5.91 Å². The summed E-state index contributed by atoms with van der Waals surface area (Å²) in [6.07, 6.45) is 2.99. The molecule has 2 saturated heterocycles. The van der Waals surface area contributed by atoms with Crippen molar-refractivity contribution in [2.24, 2.45) is 5.92 Å². The maximum Gasteiger partial charge on any atom is 0.228 e. The van der Waals surface area contributed by atoms with Gasteiger partial charge in [0, 0.05) is 25.2 Å². The summed E-state index contributed by atoms with van der Waals surface area (Å²) in [4.78, 5) is 14.1. The quantitative estimate of drug-likeness (QED) is 0.750. The number of ether oxygens (including phenoxy) is 1. The number of nitrogens with zero attached hydrogens (tertiary/aromatic N) is 1. The number of likely N-dealkylation sites (tertiary alicyclic amines) is 1. The summed E-state index contributed by atoms with van der Waals surface area (Å²) in [6, 6.07) is 0. The zero-order valence-electron chi connectivity index (χ0n) is 10.3. The molecule has 1 unspecified atom stereocenters. The van der Waals surface area contributed by atoms with E-state index in [0.29, 0.717) is 12.5 Å². The summed E-state index contributed by atoms with van der Waals surface area (Å²) >= 11 is 0. The highest BCUT2D eigenvalue weighted by atomic mass is 16.5. The highest BCUT2D eigenvalue weighted by Crippen LogP contribution is 2.24. The Morgan fingerprint density at radius 3 is 2.62 bits per heavy atom. The molecule has 0 saturated carbocycles. The first-order valence-electron chi connectivity index (χ1n) is 6.20. The van der Waals surface area contributed by atoms with E-state index < -0.39 is 0 Å². The molecule has 0 aliphatic carbocycles. The van der Waals surface area contributed by atoms with Crippen molar-refractivity contribution in [2.45, 2.75) is 31.7 Å². The van der Waals surface area contributed by atoms with Gasteiger partial charge in [0.05, 0.1) is 12.5 Å². The van der Waals surface area contributed by atoms with Crippen LogP contribution < -0.4 is 5.32 Å². The average Bonchev–Trinajstić information content (AvgIpc) is 2.83. The molecule has 4 heteroatoms. The smallest absolute Gasteiger partial charge is 0.228 e. The Bertz CT molecular complexity index is 254. The molecular formula is C12H22N2O2. The second-order valence-corrected chi connectivity index (χ2v) is 5.20. The lowest BCUT2D eigenvalue weighted by molar-refractivity contribution is -0.137. The summed E-state index contributed by atoms with van der Waals surface area (Å²) in [5.74, 6) is 0.426. The Hall–Kier alpha value is -0.610. The third-order valence-electron chi connectivity index (χ3n) is 4.06. The number of rotatable bonds is 2. The van der Waals surface area contributed by atoms with Gasteiger partial charge in [0.25, 0.3) is 0 Å². The van der Waals surface area contributed by atoms with Crippen molar-refractivity contribution in [1.82, 2.24) is 10.2 Å². The number of carbonyl (C=O) groups is 1. The molecule has 0 aromatic heterocycles. The predicted molar refractivity (Wildman–Crippen MR) is 62.2 cm³/mol. The van der Waals surface area contributed by atoms with Gasteiger partial charge >= 0.3 is 0 Å². The summed E-state index contributed by atoms with van der Waals surface area (Å²) in [5.41, 5.74) is 0.211. The molecule has 92 valence electrons. The van der Waals surface area contributed by atoms with Crippen LogP contribution in [0.2, 0.25) is 0 Å². The number of carbonyl (C=O) groups excluding carboxylic acids is 1. The van der Waals surface area contributed by atoms with Gasteiger partial charge in [-0.2, -0.15) is 0 Å². The molecule has 16 heavy (non-hydrogen) atoms. The minimum atomic E-state index is 0.124. The van der Waals surface area contributed by atoms with Gasteiger partial charge in [-0.15, -0.1) is 0 Å². The van der Waals surface area contributed by atoms with E-state index >= 15 is 0 Å². The fraction of sp³-hybridized carbons (Fsp3) is 0.917. The lowest BCUT2D eigenvalue weighted by Crippen LogP contribution is -2.52. The molecule has 0 bridgehead atoms. The summed E-state index contributed by atoms with van der Waals surface area (Å²) in [5, 5.41) is 3.35. The standard InChI is InChI=1S/C12H22N2O2/c1-12(13-2)4-6-14(7-5-12)11(15)10-3-8-16-9-10/h10,13H,3-9H2,1-2H3. The van der Waals surface area contributed by atoms with E-state index in [2.05, 4.69) is 12.2 Å². The molecule has 0 aromatic rings. The Balaban J connectivity index is 1.86. The highest BCUT2D eigenvalue weighted by Gasteiger charge is 2.34. The zero-order valence-corrected chi connectivity index (χ0v) is 10.3. The number of piperidine rings is 1. The molecule has 1 amide bonds. The number of hydrogen-bond acceptors (Lipinski definition) is 3. The fourth-order valence-electron chi connectivity index (χ4n) is 2.46. The average molecular weight is 226 g/mol. The largest absolute Gasteiger partial charge is 0.381 e. The molecule has 0 spiro atoms. The third kappa shape index (κ3) is 2.38. The van der Waals surface area contributed by atoms with Crippen LogP contribution in [0.4, 0.5) is 0 Å². The van der Waals surface area contributed by atoms with Crippen molar-refractivity contribution >= 4 is 5.91 Å². The molecule has 1 atom stereocenters. The maximum atomic E-state index is 12.1. The van der Waals surface area contributed by atoms with Crippen molar-refractivity contribution in [3.63, 3.8) is 0 Å². The molecular weight excluding hydrogens is 204 g/mol. The number of hydrogen-bond donors (Lipinski definition) is 1. The van der Waals surface area contributed by atoms with Crippen LogP contribution in [0, 0.1) is 5.92 Å². The zero-order chi connectivity index (χ0) is 11.6. The van der Waals surface area contributed by atoms with Gasteiger partial charge in [-0.1, -0.05) is 0 Å². The predicted octanol–water partition coefficient (Wildman–Crippen LogP) is 0.623. The van der Waals surface area contributed by atoms with Gasteiger partial charge in [-0.25, -0.2) is 0 Å². The summed E-state index contributed by atoms with van der Waals surface area (Å²) in [7, 11) is 2.00. The molecule has 1 N–H and O–H groups in total. The van der Waals surface area contributed by atoms with E-state index in [-0.39, 0.29) is 11.5 Å². The number of nitrogens with one attached hydrogen (secondary N) is 1. The monoisotopic (exact) mass is 226 g/mol. The van der Waals surface area contributed by atoms with Crippen LogP contribution in [0.25, 0.3) is 0 Å². The molecule has 2 fully saturated rings. The van der Waals surface area contributed by atoms with Crippen LogP contribution >= 0.6 is 0 Å². The van der Waals surface area contributed by atoms with Crippen molar-refractivity contribution in [3.05, 3.63) is 0 Å². The van der Waals surface area contributed by atoms with Crippen LogP contribution in [-0.2, 0) is 9.53 Å². The van der Waals surface area contributed by atoms with Crippen molar-refractivity contribution in [3.8, 4) is 0 Å². The SMILES string of the molecule is CNC1(C)CCN(C(=O)C2CCOC2)CC1.